The van der Waals surface area contributed by atoms with E-state index in [2.05, 4.69) is 10.2 Å². The molecule has 1 aliphatic rings. The van der Waals surface area contributed by atoms with Crippen LogP contribution in [0.5, 0.6) is 5.75 Å². The summed E-state index contributed by atoms with van der Waals surface area (Å²) in [6, 6.07) is 12.8. The third kappa shape index (κ3) is 4.44. The van der Waals surface area contributed by atoms with Gasteiger partial charge in [0.2, 0.25) is 0 Å². The van der Waals surface area contributed by atoms with E-state index in [0.29, 0.717) is 11.6 Å². The van der Waals surface area contributed by atoms with Crippen LogP contribution >= 0.6 is 11.6 Å². The molecule has 1 amide bonds. The Hall–Kier alpha value is -2.24. The molecule has 25 heavy (non-hydrogen) atoms. The molecule has 1 saturated heterocycles. The van der Waals surface area contributed by atoms with Gasteiger partial charge in [-0.15, -0.1) is 0 Å². The van der Waals surface area contributed by atoms with E-state index in [4.69, 9.17) is 11.6 Å². The second-order valence-electron chi connectivity index (χ2n) is 6.39. The van der Waals surface area contributed by atoms with Gasteiger partial charge in [-0.25, -0.2) is 0 Å². The first-order valence-corrected chi connectivity index (χ1v) is 8.83. The Labute approximate surface area is 152 Å². The summed E-state index contributed by atoms with van der Waals surface area (Å²) in [6.45, 7) is 5.95. The molecular weight excluding hydrogens is 338 g/mol. The molecule has 6 heteroatoms. The van der Waals surface area contributed by atoms with Crippen molar-refractivity contribution in [3.8, 4) is 5.75 Å². The van der Waals surface area contributed by atoms with E-state index in [9.17, 15) is 9.90 Å². The van der Waals surface area contributed by atoms with Gasteiger partial charge in [-0.1, -0.05) is 17.7 Å². The van der Waals surface area contributed by atoms with Gasteiger partial charge in [0.25, 0.3) is 5.91 Å². The van der Waals surface area contributed by atoms with E-state index in [1.165, 1.54) is 4.90 Å². The molecule has 2 aromatic rings. The first-order chi connectivity index (χ1) is 12.0. The van der Waals surface area contributed by atoms with E-state index in [1.807, 2.05) is 37.3 Å². The number of benzene rings is 2. The lowest BCUT2D eigenvalue weighted by atomic mass is 10.2. The highest BCUT2D eigenvalue weighted by Gasteiger charge is 2.22. The third-order valence-corrected chi connectivity index (χ3v) is 5.05. The highest BCUT2D eigenvalue weighted by atomic mass is 35.5. The SMILES string of the molecule is Cc1c(Cl)cccc1NC(=O)C[NH+]1CCN(c2ccc(O)cc2)CC1. The number of hydrogen-bond donors (Lipinski definition) is 3. The monoisotopic (exact) mass is 360 g/mol. The molecule has 0 aromatic heterocycles. The number of carbonyl (C=O) groups excluding carboxylic acids is 1. The lowest BCUT2D eigenvalue weighted by Gasteiger charge is -2.33. The fraction of sp³-hybridized carbons (Fsp3) is 0.316. The molecule has 0 bridgehead atoms. The van der Waals surface area contributed by atoms with Gasteiger partial charge in [0.1, 0.15) is 5.75 Å². The third-order valence-electron chi connectivity index (χ3n) is 4.64. The predicted molar refractivity (Wildman–Crippen MR) is 101 cm³/mol. The Kier molecular flexibility index (Phi) is 5.46. The van der Waals surface area contributed by atoms with E-state index < -0.39 is 0 Å². The summed E-state index contributed by atoms with van der Waals surface area (Å²) in [6.07, 6.45) is 0. The van der Waals surface area contributed by atoms with Gasteiger partial charge < -0.3 is 20.2 Å². The summed E-state index contributed by atoms with van der Waals surface area (Å²) in [7, 11) is 0. The summed E-state index contributed by atoms with van der Waals surface area (Å²) in [5, 5.41) is 13.0. The zero-order valence-corrected chi connectivity index (χ0v) is 15.0. The molecule has 0 atom stereocenters. The number of amides is 1. The maximum absolute atomic E-state index is 12.3. The fourth-order valence-corrected chi connectivity index (χ4v) is 3.26. The van der Waals surface area contributed by atoms with E-state index in [-0.39, 0.29) is 11.7 Å². The molecular formula is C19H23ClN3O2+. The fourth-order valence-electron chi connectivity index (χ4n) is 3.09. The molecule has 1 aliphatic heterocycles. The van der Waals surface area contributed by atoms with E-state index in [0.717, 1.165) is 43.1 Å². The van der Waals surface area contributed by atoms with Crippen LogP contribution in [0.15, 0.2) is 42.5 Å². The van der Waals surface area contributed by atoms with Gasteiger partial charge >= 0.3 is 0 Å². The van der Waals surface area contributed by atoms with Crippen LogP contribution in [0.2, 0.25) is 5.02 Å². The lowest BCUT2D eigenvalue weighted by Crippen LogP contribution is -3.15. The average Bonchev–Trinajstić information content (AvgIpc) is 2.60. The number of halogens is 1. The number of aromatic hydroxyl groups is 1. The lowest BCUT2D eigenvalue weighted by molar-refractivity contribution is -0.892. The number of carbonyl (C=O) groups is 1. The molecule has 0 radical (unpaired) electrons. The number of phenolic OH excluding ortho intramolecular Hbond substituents is 1. The van der Waals surface area contributed by atoms with Gasteiger partial charge in [0, 0.05) is 16.4 Å². The van der Waals surface area contributed by atoms with Crippen molar-refractivity contribution in [2.24, 2.45) is 0 Å². The molecule has 5 nitrogen and oxygen atoms in total. The first-order valence-electron chi connectivity index (χ1n) is 8.45. The topological polar surface area (TPSA) is 57.0 Å². The van der Waals surface area contributed by atoms with Crippen LogP contribution < -0.4 is 15.1 Å². The van der Waals surface area contributed by atoms with Crippen LogP contribution in [0.1, 0.15) is 5.56 Å². The standard InChI is InChI=1S/C19H22ClN3O2/c1-14-17(20)3-2-4-18(14)21-19(25)13-22-9-11-23(12-10-22)15-5-7-16(24)8-6-15/h2-8,24H,9-13H2,1H3,(H,21,25)/p+1. The zero-order chi connectivity index (χ0) is 17.8. The smallest absolute Gasteiger partial charge is 0.279 e. The zero-order valence-electron chi connectivity index (χ0n) is 14.3. The highest BCUT2D eigenvalue weighted by Crippen LogP contribution is 2.22. The number of nitrogens with zero attached hydrogens (tertiary/aromatic N) is 1. The Balaban J connectivity index is 1.51. The molecule has 3 N–H and O–H groups in total. The van der Waals surface area contributed by atoms with Crippen LogP contribution in [-0.2, 0) is 4.79 Å². The number of piperazine rings is 1. The van der Waals surface area contributed by atoms with Crippen molar-refractivity contribution in [2.45, 2.75) is 6.92 Å². The van der Waals surface area contributed by atoms with Crippen LogP contribution in [-0.4, -0.2) is 43.7 Å². The summed E-state index contributed by atoms with van der Waals surface area (Å²) >= 11 is 6.10. The number of phenols is 1. The molecule has 2 aromatic carbocycles. The number of anilines is 2. The minimum Gasteiger partial charge on any atom is -0.508 e. The summed E-state index contributed by atoms with van der Waals surface area (Å²) in [5.74, 6) is 0.291. The quantitative estimate of drug-likeness (QED) is 0.778. The summed E-state index contributed by atoms with van der Waals surface area (Å²) in [5.41, 5.74) is 2.78. The Morgan fingerprint density at radius 1 is 1.20 bits per heavy atom. The number of nitrogens with one attached hydrogen (secondary N) is 2. The van der Waals surface area contributed by atoms with Gasteiger partial charge in [0.15, 0.2) is 6.54 Å². The molecule has 1 fully saturated rings. The first kappa shape index (κ1) is 17.6. The largest absolute Gasteiger partial charge is 0.508 e. The molecule has 0 unspecified atom stereocenters. The van der Waals surface area contributed by atoms with Crippen molar-refractivity contribution < 1.29 is 14.8 Å². The van der Waals surface area contributed by atoms with Gasteiger partial charge in [0.05, 0.1) is 26.2 Å². The number of hydrogen-bond acceptors (Lipinski definition) is 3. The number of quaternary nitrogens is 1. The van der Waals surface area contributed by atoms with Crippen LogP contribution in [0.4, 0.5) is 11.4 Å². The van der Waals surface area contributed by atoms with Crippen LogP contribution in [0.25, 0.3) is 0 Å². The van der Waals surface area contributed by atoms with Crippen LogP contribution in [0.3, 0.4) is 0 Å². The van der Waals surface area contributed by atoms with Crippen molar-refractivity contribution in [1.29, 1.82) is 0 Å². The average molecular weight is 361 g/mol. The van der Waals surface area contributed by atoms with Crippen molar-refractivity contribution in [1.82, 2.24) is 0 Å². The Morgan fingerprint density at radius 3 is 2.56 bits per heavy atom. The van der Waals surface area contributed by atoms with E-state index >= 15 is 0 Å². The minimum atomic E-state index is 0.0125. The van der Waals surface area contributed by atoms with Gasteiger partial charge in [-0.3, -0.25) is 4.79 Å². The number of rotatable bonds is 4. The van der Waals surface area contributed by atoms with E-state index in [1.54, 1.807) is 12.1 Å². The molecule has 132 valence electrons. The Bertz CT molecular complexity index is 741. The summed E-state index contributed by atoms with van der Waals surface area (Å²) < 4.78 is 0. The Morgan fingerprint density at radius 2 is 1.88 bits per heavy atom. The second-order valence-corrected chi connectivity index (χ2v) is 6.80. The van der Waals surface area contributed by atoms with Gasteiger partial charge in [-0.2, -0.15) is 0 Å². The maximum atomic E-state index is 12.3. The van der Waals surface area contributed by atoms with Gasteiger partial charge in [-0.05, 0) is 48.9 Å². The van der Waals surface area contributed by atoms with Crippen molar-refractivity contribution >= 4 is 28.9 Å². The van der Waals surface area contributed by atoms with Crippen molar-refractivity contribution in [2.75, 3.05) is 42.9 Å². The molecule has 0 aliphatic carbocycles. The minimum absolute atomic E-state index is 0.0125. The van der Waals surface area contributed by atoms with Crippen molar-refractivity contribution in [3.05, 3.63) is 53.1 Å². The molecule has 3 rings (SSSR count). The second kappa shape index (κ2) is 7.76. The van der Waals surface area contributed by atoms with Crippen molar-refractivity contribution in [3.63, 3.8) is 0 Å². The predicted octanol–water partition coefficient (Wildman–Crippen LogP) is 1.70. The maximum Gasteiger partial charge on any atom is 0.279 e. The highest BCUT2D eigenvalue weighted by molar-refractivity contribution is 6.31. The molecule has 0 saturated carbocycles. The molecule has 1 heterocycles. The molecule has 0 spiro atoms. The normalized spacial score (nSPS) is 15.2. The summed E-state index contributed by atoms with van der Waals surface area (Å²) in [4.78, 5) is 15.9. The van der Waals surface area contributed by atoms with Crippen LogP contribution in [0, 0.1) is 6.92 Å².